The molecule has 1 atom stereocenters. The van der Waals surface area contributed by atoms with Crippen molar-refractivity contribution in [1.29, 1.82) is 0 Å². The van der Waals surface area contributed by atoms with Crippen LogP contribution in [-0.2, 0) is 6.54 Å². The second-order valence-corrected chi connectivity index (χ2v) is 6.82. The van der Waals surface area contributed by atoms with Gasteiger partial charge in [0.15, 0.2) is 0 Å². The van der Waals surface area contributed by atoms with Crippen molar-refractivity contribution in [1.82, 2.24) is 9.78 Å². The van der Waals surface area contributed by atoms with Gasteiger partial charge >= 0.3 is 0 Å². The highest BCUT2D eigenvalue weighted by molar-refractivity contribution is 9.10. The average Bonchev–Trinajstić information content (AvgIpc) is 3.30. The number of nitrogens with two attached hydrogens (primary N) is 1. The minimum absolute atomic E-state index is 0.0344. The van der Waals surface area contributed by atoms with E-state index in [1.807, 2.05) is 7.05 Å². The summed E-state index contributed by atoms with van der Waals surface area (Å²) < 4.78 is 2.18. The molecule has 1 unspecified atom stereocenters. The van der Waals surface area contributed by atoms with Gasteiger partial charge in [-0.05, 0) is 53.4 Å². The Hall–Kier alpha value is -0.880. The van der Waals surface area contributed by atoms with Gasteiger partial charge in [0.1, 0.15) is 4.47 Å². The molecule has 3 rings (SSSR count). The maximum Gasteiger partial charge on any atom is 0.283 e. The predicted octanol–water partition coefficient (Wildman–Crippen LogP) is 1.59. The maximum absolute atomic E-state index is 12.3. The molecule has 1 heterocycles. The van der Waals surface area contributed by atoms with Gasteiger partial charge in [-0.3, -0.25) is 4.79 Å². The van der Waals surface area contributed by atoms with Crippen LogP contribution < -0.4 is 16.2 Å². The molecule has 0 radical (unpaired) electrons. The zero-order chi connectivity index (χ0) is 14.3. The zero-order valence-electron chi connectivity index (χ0n) is 11.8. The van der Waals surface area contributed by atoms with Crippen LogP contribution in [0.4, 0.5) is 5.69 Å². The SMILES string of the molecule is CN(c1cnn(CC2CC2)c(=O)c1Br)C(CN)C1CC1. The van der Waals surface area contributed by atoms with Crippen molar-refractivity contribution in [2.24, 2.45) is 17.6 Å². The molecule has 0 bridgehead atoms. The minimum atomic E-state index is -0.0344. The van der Waals surface area contributed by atoms with Crippen molar-refractivity contribution < 1.29 is 0 Å². The Balaban J connectivity index is 1.85. The molecule has 2 saturated carbocycles. The Kier molecular flexibility index (Phi) is 3.86. The van der Waals surface area contributed by atoms with E-state index in [1.54, 1.807) is 10.9 Å². The van der Waals surface area contributed by atoms with E-state index in [-0.39, 0.29) is 5.56 Å². The third kappa shape index (κ3) is 2.76. The molecule has 0 aliphatic heterocycles. The molecule has 20 heavy (non-hydrogen) atoms. The fraction of sp³-hybridized carbons (Fsp3) is 0.714. The largest absolute Gasteiger partial charge is 0.368 e. The molecule has 0 saturated heterocycles. The van der Waals surface area contributed by atoms with Crippen molar-refractivity contribution in [3.63, 3.8) is 0 Å². The molecule has 1 aromatic rings. The number of likely N-dealkylation sites (N-methyl/N-ethyl adjacent to an activating group) is 1. The third-order valence-electron chi connectivity index (χ3n) is 4.38. The molecule has 0 spiro atoms. The number of aromatic nitrogens is 2. The van der Waals surface area contributed by atoms with Gasteiger partial charge in [-0.2, -0.15) is 5.10 Å². The Labute approximate surface area is 127 Å². The maximum atomic E-state index is 12.3. The first-order chi connectivity index (χ1) is 9.61. The first kappa shape index (κ1) is 14.1. The monoisotopic (exact) mass is 340 g/mol. The van der Waals surface area contributed by atoms with E-state index in [4.69, 9.17) is 5.73 Å². The highest BCUT2D eigenvalue weighted by Crippen LogP contribution is 2.37. The molecule has 2 aliphatic carbocycles. The van der Waals surface area contributed by atoms with Crippen molar-refractivity contribution >= 4 is 21.6 Å². The lowest BCUT2D eigenvalue weighted by Gasteiger charge is -2.29. The van der Waals surface area contributed by atoms with Gasteiger partial charge in [-0.15, -0.1) is 0 Å². The minimum Gasteiger partial charge on any atom is -0.368 e. The van der Waals surface area contributed by atoms with Crippen LogP contribution in [0.2, 0.25) is 0 Å². The van der Waals surface area contributed by atoms with E-state index < -0.39 is 0 Å². The summed E-state index contributed by atoms with van der Waals surface area (Å²) in [5.74, 6) is 1.30. The first-order valence-electron chi connectivity index (χ1n) is 7.30. The normalized spacial score (nSPS) is 19.9. The fourth-order valence-electron chi connectivity index (χ4n) is 2.70. The van der Waals surface area contributed by atoms with E-state index >= 15 is 0 Å². The Morgan fingerprint density at radius 2 is 2.20 bits per heavy atom. The van der Waals surface area contributed by atoms with E-state index in [1.165, 1.54) is 25.7 Å². The van der Waals surface area contributed by atoms with Crippen LogP contribution in [0.5, 0.6) is 0 Å². The van der Waals surface area contributed by atoms with Crippen LogP contribution in [0.3, 0.4) is 0 Å². The summed E-state index contributed by atoms with van der Waals surface area (Å²) in [5.41, 5.74) is 6.70. The molecule has 1 aromatic heterocycles. The van der Waals surface area contributed by atoms with Crippen molar-refractivity contribution in [3.05, 3.63) is 21.0 Å². The Morgan fingerprint density at radius 3 is 2.75 bits per heavy atom. The summed E-state index contributed by atoms with van der Waals surface area (Å²) in [6.07, 6.45) is 6.68. The van der Waals surface area contributed by atoms with E-state index in [0.29, 0.717) is 28.9 Å². The average molecular weight is 341 g/mol. The fourth-order valence-corrected chi connectivity index (χ4v) is 3.29. The number of anilines is 1. The van der Waals surface area contributed by atoms with Crippen LogP contribution in [0.15, 0.2) is 15.5 Å². The van der Waals surface area contributed by atoms with Crippen molar-refractivity contribution in [2.75, 3.05) is 18.5 Å². The van der Waals surface area contributed by atoms with Crippen LogP contribution in [0.25, 0.3) is 0 Å². The van der Waals surface area contributed by atoms with Crippen molar-refractivity contribution in [3.8, 4) is 0 Å². The molecule has 2 aliphatic rings. The highest BCUT2D eigenvalue weighted by atomic mass is 79.9. The molecular formula is C14H21BrN4O. The summed E-state index contributed by atoms with van der Waals surface area (Å²) in [7, 11) is 2.00. The molecule has 0 aromatic carbocycles. The van der Waals surface area contributed by atoms with Gasteiger partial charge in [0.2, 0.25) is 0 Å². The predicted molar refractivity (Wildman–Crippen MR) is 82.9 cm³/mol. The number of halogens is 1. The topological polar surface area (TPSA) is 64.2 Å². The lowest BCUT2D eigenvalue weighted by atomic mass is 10.1. The molecule has 6 heteroatoms. The summed E-state index contributed by atoms with van der Waals surface area (Å²) in [6, 6.07) is 0.298. The lowest BCUT2D eigenvalue weighted by Crippen LogP contribution is -2.41. The third-order valence-corrected chi connectivity index (χ3v) is 5.13. The Bertz CT molecular complexity index is 551. The number of hydrogen-bond donors (Lipinski definition) is 1. The summed E-state index contributed by atoms with van der Waals surface area (Å²) in [6.45, 7) is 1.35. The van der Waals surface area contributed by atoms with E-state index in [9.17, 15) is 4.79 Å². The summed E-state index contributed by atoms with van der Waals surface area (Å²) in [4.78, 5) is 14.5. The van der Waals surface area contributed by atoms with Crippen LogP contribution in [0.1, 0.15) is 25.7 Å². The van der Waals surface area contributed by atoms with E-state index in [0.717, 1.165) is 12.2 Å². The zero-order valence-corrected chi connectivity index (χ0v) is 13.3. The van der Waals surface area contributed by atoms with Gasteiger partial charge in [0.05, 0.1) is 11.9 Å². The second-order valence-electron chi connectivity index (χ2n) is 6.03. The number of hydrogen-bond acceptors (Lipinski definition) is 4. The summed E-state index contributed by atoms with van der Waals surface area (Å²) in [5, 5.41) is 4.33. The first-order valence-corrected chi connectivity index (χ1v) is 8.09. The van der Waals surface area contributed by atoms with Gasteiger partial charge < -0.3 is 10.6 Å². The quantitative estimate of drug-likeness (QED) is 0.854. The van der Waals surface area contributed by atoms with E-state index in [2.05, 4.69) is 25.9 Å². The molecule has 110 valence electrons. The molecule has 2 N–H and O–H groups in total. The Morgan fingerprint density at radius 1 is 1.50 bits per heavy atom. The van der Waals surface area contributed by atoms with Crippen LogP contribution in [-0.4, -0.2) is 29.4 Å². The van der Waals surface area contributed by atoms with Crippen LogP contribution in [0, 0.1) is 11.8 Å². The highest BCUT2D eigenvalue weighted by Gasteiger charge is 2.34. The number of nitrogens with zero attached hydrogens (tertiary/aromatic N) is 3. The van der Waals surface area contributed by atoms with Gasteiger partial charge in [0, 0.05) is 26.2 Å². The van der Waals surface area contributed by atoms with Crippen molar-refractivity contribution in [2.45, 2.75) is 38.3 Å². The molecule has 5 nitrogen and oxygen atoms in total. The van der Waals surface area contributed by atoms with Gasteiger partial charge in [-0.25, -0.2) is 4.68 Å². The standard InChI is InChI=1S/C14H21BrN4O/c1-18(11(6-16)10-4-5-10)12-7-17-19(8-9-2-3-9)14(20)13(12)15/h7,9-11H,2-6,8,16H2,1H3. The smallest absolute Gasteiger partial charge is 0.283 e. The molecule has 2 fully saturated rings. The number of rotatable bonds is 6. The van der Waals surface area contributed by atoms with Gasteiger partial charge in [0.25, 0.3) is 5.56 Å². The molecule has 0 amide bonds. The molecular weight excluding hydrogens is 320 g/mol. The summed E-state index contributed by atoms with van der Waals surface area (Å²) >= 11 is 3.45. The second kappa shape index (κ2) is 5.48. The van der Waals surface area contributed by atoms with Gasteiger partial charge in [-0.1, -0.05) is 0 Å². The lowest BCUT2D eigenvalue weighted by molar-refractivity contribution is 0.525. The van der Waals surface area contributed by atoms with Crippen LogP contribution >= 0.6 is 15.9 Å².